The molecule has 0 aromatic carbocycles. The monoisotopic (exact) mass is 532 g/mol. The van der Waals surface area contributed by atoms with E-state index in [1.165, 1.54) is 6.42 Å². The van der Waals surface area contributed by atoms with Crippen molar-refractivity contribution in [2.45, 2.75) is 118 Å². The average Bonchev–Trinajstić information content (AvgIpc) is 3.19. The van der Waals surface area contributed by atoms with Crippen molar-refractivity contribution in [1.82, 2.24) is 0 Å². The molecule has 1 heterocycles. The summed E-state index contributed by atoms with van der Waals surface area (Å²) in [4.78, 5) is 13.4. The maximum Gasteiger partial charge on any atom is 0.312 e. The van der Waals surface area contributed by atoms with Crippen LogP contribution in [0.5, 0.6) is 0 Å². The van der Waals surface area contributed by atoms with Crippen LogP contribution in [-0.2, 0) is 29.3 Å². The summed E-state index contributed by atoms with van der Waals surface area (Å²) < 4.78 is 29.6. The van der Waals surface area contributed by atoms with Crippen LogP contribution in [0.4, 0.5) is 0 Å². The molecule has 0 amide bonds. The normalized spacial score (nSPS) is 53.5. The van der Waals surface area contributed by atoms with E-state index in [1.54, 1.807) is 12.7 Å². The zero-order chi connectivity index (χ0) is 26.8. The Hall–Kier alpha value is -0.720. The average molecular weight is 533 g/mol. The first-order chi connectivity index (χ1) is 17.1. The summed E-state index contributed by atoms with van der Waals surface area (Å²) in [5, 5.41) is 0. The molecular weight excluding hydrogens is 484 g/mol. The van der Waals surface area contributed by atoms with Crippen LogP contribution in [0.2, 0.25) is 0 Å². The van der Waals surface area contributed by atoms with Gasteiger partial charge < -0.3 is 4.74 Å². The smallest absolute Gasteiger partial charge is 0.312 e. The van der Waals surface area contributed by atoms with Crippen molar-refractivity contribution in [2.75, 3.05) is 7.11 Å². The maximum absolute atomic E-state index is 13.4. The SMILES string of the molecule is COC(=O)[C@]12CCC(C)(C)C[C@H]1C1=CC[C@@H]3[C@@]4(C)C[C@H]5O[S@](=O)O[C@@H]5C(C)(C)[C@@H]4CC[C@@]3(C)[C@]1(C)CC2. The maximum atomic E-state index is 13.4. The molecule has 10 atom stereocenters. The summed E-state index contributed by atoms with van der Waals surface area (Å²) >= 11 is -1.63. The van der Waals surface area contributed by atoms with Crippen LogP contribution in [0.3, 0.4) is 0 Å². The predicted molar refractivity (Wildman–Crippen MR) is 144 cm³/mol. The Morgan fingerprint density at radius 3 is 2.35 bits per heavy atom. The molecule has 6 heteroatoms. The van der Waals surface area contributed by atoms with Gasteiger partial charge in [0.05, 0.1) is 12.5 Å². The molecule has 0 aromatic heterocycles. The van der Waals surface area contributed by atoms with Crippen molar-refractivity contribution < 1.29 is 22.1 Å². The van der Waals surface area contributed by atoms with Crippen LogP contribution in [0.25, 0.3) is 0 Å². The lowest BCUT2D eigenvalue weighted by molar-refractivity contribution is -0.212. The minimum Gasteiger partial charge on any atom is -0.469 e. The molecule has 208 valence electrons. The van der Waals surface area contributed by atoms with Crippen LogP contribution in [0.1, 0.15) is 106 Å². The molecule has 0 bridgehead atoms. The number of fused-ring (bicyclic) bond motifs is 8. The number of allylic oxidation sites excluding steroid dienone is 2. The molecule has 5 aliphatic carbocycles. The number of ether oxygens (including phenoxy) is 1. The first-order valence-electron chi connectivity index (χ1n) is 14.7. The fraction of sp³-hybridized carbons (Fsp3) is 0.903. The number of carbonyl (C=O) groups excluding carboxylic acids is 1. The van der Waals surface area contributed by atoms with E-state index in [4.69, 9.17) is 13.1 Å². The lowest BCUT2D eigenvalue weighted by Crippen LogP contribution is -2.66. The minimum atomic E-state index is -1.63. The third kappa shape index (κ3) is 3.27. The van der Waals surface area contributed by atoms with Gasteiger partial charge in [0.15, 0.2) is 0 Å². The van der Waals surface area contributed by atoms with E-state index in [-0.39, 0.29) is 56.6 Å². The van der Waals surface area contributed by atoms with Gasteiger partial charge in [-0.15, -0.1) is 0 Å². The van der Waals surface area contributed by atoms with Crippen molar-refractivity contribution in [3.05, 3.63) is 11.6 Å². The minimum absolute atomic E-state index is 0.0188. The fourth-order valence-electron chi connectivity index (χ4n) is 11.4. The summed E-state index contributed by atoms with van der Waals surface area (Å²) in [6.07, 6.45) is 11.8. The molecule has 0 spiro atoms. The zero-order valence-electron chi connectivity index (χ0n) is 24.3. The van der Waals surface area contributed by atoms with Gasteiger partial charge >= 0.3 is 17.3 Å². The lowest BCUT2D eigenvalue weighted by atomic mass is 9.33. The fourth-order valence-corrected chi connectivity index (χ4v) is 12.3. The van der Waals surface area contributed by atoms with Gasteiger partial charge in [-0.05, 0) is 103 Å². The van der Waals surface area contributed by atoms with Gasteiger partial charge in [-0.1, -0.05) is 60.1 Å². The second-order valence-electron chi connectivity index (χ2n) is 15.7. The van der Waals surface area contributed by atoms with Gasteiger partial charge in [0.25, 0.3) is 0 Å². The molecule has 5 fully saturated rings. The summed E-state index contributed by atoms with van der Waals surface area (Å²) in [6.45, 7) is 17.0. The largest absolute Gasteiger partial charge is 0.469 e. The first-order valence-corrected chi connectivity index (χ1v) is 15.7. The van der Waals surface area contributed by atoms with Crippen LogP contribution in [-0.4, -0.2) is 29.5 Å². The first kappa shape index (κ1) is 26.5. The second kappa shape index (κ2) is 7.94. The number of hydrogen-bond acceptors (Lipinski definition) is 5. The van der Waals surface area contributed by atoms with Gasteiger partial charge in [0.2, 0.25) is 0 Å². The van der Waals surface area contributed by atoms with E-state index in [0.29, 0.717) is 11.8 Å². The Morgan fingerprint density at radius 2 is 1.65 bits per heavy atom. The Morgan fingerprint density at radius 1 is 0.946 bits per heavy atom. The highest BCUT2D eigenvalue weighted by Gasteiger charge is 2.71. The number of rotatable bonds is 1. The van der Waals surface area contributed by atoms with Crippen LogP contribution < -0.4 is 0 Å². The van der Waals surface area contributed by atoms with Gasteiger partial charge in [0.1, 0.15) is 12.2 Å². The molecule has 6 rings (SSSR count). The Bertz CT molecular complexity index is 1060. The van der Waals surface area contributed by atoms with E-state index in [2.05, 4.69) is 54.5 Å². The highest BCUT2D eigenvalue weighted by molar-refractivity contribution is 7.75. The Labute approximate surface area is 226 Å². The van der Waals surface area contributed by atoms with Crippen molar-refractivity contribution in [3.8, 4) is 0 Å². The molecule has 37 heavy (non-hydrogen) atoms. The van der Waals surface area contributed by atoms with Crippen LogP contribution in [0.15, 0.2) is 11.6 Å². The highest BCUT2D eigenvalue weighted by Crippen LogP contribution is 2.76. The predicted octanol–water partition coefficient (Wildman–Crippen LogP) is 6.93. The van der Waals surface area contributed by atoms with E-state index >= 15 is 0 Å². The van der Waals surface area contributed by atoms with Gasteiger partial charge in [-0.3, -0.25) is 13.2 Å². The molecule has 0 N–H and O–H groups in total. The van der Waals surface area contributed by atoms with Crippen LogP contribution >= 0.6 is 0 Å². The van der Waals surface area contributed by atoms with Gasteiger partial charge in [-0.25, -0.2) is 0 Å². The third-order valence-electron chi connectivity index (χ3n) is 13.5. The summed E-state index contributed by atoms with van der Waals surface area (Å²) in [6, 6.07) is 0. The lowest BCUT2D eigenvalue weighted by Gasteiger charge is -2.71. The molecule has 6 aliphatic rings. The summed E-state index contributed by atoms with van der Waals surface area (Å²) in [5.74, 6) is 1.31. The second-order valence-corrected chi connectivity index (χ2v) is 16.5. The van der Waals surface area contributed by atoms with E-state index in [9.17, 15) is 9.00 Å². The molecule has 1 aliphatic heterocycles. The quantitative estimate of drug-likeness (QED) is 0.271. The van der Waals surface area contributed by atoms with Gasteiger partial charge in [0, 0.05) is 0 Å². The molecule has 1 saturated heterocycles. The number of carbonyl (C=O) groups is 1. The summed E-state index contributed by atoms with van der Waals surface area (Å²) in [7, 11) is 1.58. The number of esters is 1. The Kier molecular flexibility index (Phi) is 5.68. The molecule has 4 saturated carbocycles. The number of methoxy groups -OCH3 is 1. The van der Waals surface area contributed by atoms with Crippen molar-refractivity contribution in [3.63, 3.8) is 0 Å². The van der Waals surface area contributed by atoms with Crippen molar-refractivity contribution in [2.24, 2.45) is 50.2 Å². The molecule has 0 radical (unpaired) electrons. The molecule has 0 unspecified atom stereocenters. The van der Waals surface area contributed by atoms with Crippen molar-refractivity contribution in [1.29, 1.82) is 0 Å². The van der Waals surface area contributed by atoms with E-state index in [1.807, 2.05) is 0 Å². The van der Waals surface area contributed by atoms with Crippen LogP contribution in [0, 0.1) is 50.2 Å². The Balaban J connectivity index is 1.43. The van der Waals surface area contributed by atoms with Gasteiger partial charge in [-0.2, -0.15) is 4.21 Å². The topological polar surface area (TPSA) is 61.8 Å². The van der Waals surface area contributed by atoms with E-state index < -0.39 is 11.4 Å². The molecule has 5 nitrogen and oxygen atoms in total. The molecular formula is C31H48O5S. The molecule has 0 aromatic rings. The third-order valence-corrected chi connectivity index (χ3v) is 14.3. The van der Waals surface area contributed by atoms with Crippen molar-refractivity contribution >= 4 is 17.3 Å². The zero-order valence-corrected chi connectivity index (χ0v) is 25.1. The van der Waals surface area contributed by atoms with E-state index in [0.717, 1.165) is 51.4 Å². The highest BCUT2D eigenvalue weighted by atomic mass is 32.2. The number of hydrogen-bond donors (Lipinski definition) is 0. The standard InChI is InChI=1S/C31H48O5S/c1-26(2)13-15-31(25(32)34-8)16-14-29(6)19(20(31)17-26)9-10-23-28(5)18-21-24(36-37(33)35-21)27(3,4)22(28)11-12-30(23,29)7/h9,20-24H,10-18H2,1-8H3/t20-,21+,22-,23+,24-,28-,29+,30+,31-,37-/m0/s1. The summed E-state index contributed by atoms with van der Waals surface area (Å²) in [5.41, 5.74) is 1.65.